The molecule has 0 saturated carbocycles. The summed E-state index contributed by atoms with van der Waals surface area (Å²) in [4.78, 5) is 14.4. The van der Waals surface area contributed by atoms with Crippen LogP contribution in [0.25, 0.3) is 0 Å². The number of piperidine rings is 1. The van der Waals surface area contributed by atoms with Crippen molar-refractivity contribution in [2.45, 2.75) is 23.8 Å². The summed E-state index contributed by atoms with van der Waals surface area (Å²) in [5, 5.41) is -0.0250. The number of nitrogens with zero attached hydrogens (tertiary/aromatic N) is 1. The van der Waals surface area contributed by atoms with Crippen molar-refractivity contribution in [3.63, 3.8) is 0 Å². The quantitative estimate of drug-likeness (QED) is 0.774. The van der Waals surface area contributed by atoms with Gasteiger partial charge < -0.3 is 14.1 Å². The van der Waals surface area contributed by atoms with Gasteiger partial charge in [-0.3, -0.25) is 4.79 Å². The average Bonchev–Trinajstić information content (AvgIpc) is 3.13. The maximum Gasteiger partial charge on any atom is 0.257 e. The summed E-state index contributed by atoms with van der Waals surface area (Å²) >= 11 is 5.99. The normalized spacial score (nSPS) is 15.8. The number of hydrogen-bond donors (Lipinski definition) is 0. The number of sulfone groups is 1. The zero-order valence-electron chi connectivity index (χ0n) is 14.4. The van der Waals surface area contributed by atoms with E-state index in [0.717, 1.165) is 0 Å². The monoisotopic (exact) mass is 397 g/mol. The van der Waals surface area contributed by atoms with Crippen LogP contribution in [0.15, 0.2) is 41.0 Å². The van der Waals surface area contributed by atoms with Gasteiger partial charge >= 0.3 is 0 Å². The van der Waals surface area contributed by atoms with E-state index in [4.69, 9.17) is 20.8 Å². The summed E-state index contributed by atoms with van der Waals surface area (Å²) in [6.45, 7) is 0.743. The number of carbonyl (C=O) groups excluding carboxylic acids is 1. The second-order valence-electron chi connectivity index (χ2n) is 6.22. The average molecular weight is 398 g/mol. The lowest BCUT2D eigenvalue weighted by Gasteiger charge is -2.32. The van der Waals surface area contributed by atoms with Gasteiger partial charge in [-0.2, -0.15) is 0 Å². The van der Waals surface area contributed by atoms with Crippen LogP contribution in [0.1, 0.15) is 29.0 Å². The Morgan fingerprint density at radius 2 is 2.04 bits per heavy atom. The topological polar surface area (TPSA) is 76.8 Å². The predicted molar refractivity (Wildman–Crippen MR) is 98.3 cm³/mol. The molecule has 0 spiro atoms. The number of likely N-dealkylation sites (tertiary alicyclic amines) is 1. The lowest BCUT2D eigenvalue weighted by molar-refractivity contribution is 0.0722. The highest BCUT2D eigenvalue weighted by Crippen LogP contribution is 2.27. The van der Waals surface area contributed by atoms with Gasteiger partial charge in [0.1, 0.15) is 17.3 Å². The van der Waals surface area contributed by atoms with Crippen LogP contribution in [0.5, 0.6) is 5.75 Å². The van der Waals surface area contributed by atoms with Crippen LogP contribution in [0.2, 0.25) is 5.02 Å². The summed E-state index contributed by atoms with van der Waals surface area (Å²) < 4.78 is 35.5. The van der Waals surface area contributed by atoms with Gasteiger partial charge in [0.05, 0.1) is 24.2 Å². The van der Waals surface area contributed by atoms with Crippen LogP contribution in [-0.2, 0) is 15.6 Å². The van der Waals surface area contributed by atoms with Crippen molar-refractivity contribution < 1.29 is 22.4 Å². The van der Waals surface area contributed by atoms with Crippen molar-refractivity contribution >= 4 is 27.3 Å². The highest BCUT2D eigenvalue weighted by Gasteiger charge is 2.33. The Kier molecular flexibility index (Phi) is 5.58. The molecule has 0 bridgehead atoms. The predicted octanol–water partition coefficient (Wildman–Crippen LogP) is 3.16. The first-order valence-electron chi connectivity index (χ1n) is 8.27. The maximum atomic E-state index is 12.8. The van der Waals surface area contributed by atoms with Gasteiger partial charge in [-0.25, -0.2) is 8.42 Å². The Hall–Kier alpha value is -1.99. The Balaban J connectivity index is 1.67. The van der Waals surface area contributed by atoms with E-state index >= 15 is 0 Å². The molecule has 0 radical (unpaired) electrons. The van der Waals surface area contributed by atoms with E-state index in [1.54, 1.807) is 35.2 Å². The molecule has 0 aliphatic carbocycles. The molecule has 6 nitrogen and oxygen atoms in total. The van der Waals surface area contributed by atoms with Crippen LogP contribution in [-0.4, -0.2) is 44.7 Å². The van der Waals surface area contributed by atoms with Crippen molar-refractivity contribution in [2.24, 2.45) is 0 Å². The summed E-state index contributed by atoms with van der Waals surface area (Å²) in [5.41, 5.74) is 0.386. The molecule has 140 valence electrons. The Bertz CT molecular complexity index is 871. The molecule has 1 fully saturated rings. The van der Waals surface area contributed by atoms with Gasteiger partial charge in [0.15, 0.2) is 9.84 Å². The van der Waals surface area contributed by atoms with E-state index in [9.17, 15) is 13.2 Å². The summed E-state index contributed by atoms with van der Waals surface area (Å²) in [6, 6.07) is 8.20. The molecule has 2 heterocycles. The molecule has 26 heavy (non-hydrogen) atoms. The highest BCUT2D eigenvalue weighted by molar-refractivity contribution is 7.91. The molecule has 1 aliphatic rings. The minimum atomic E-state index is -3.32. The number of methoxy groups -OCH3 is 1. The molecule has 1 amide bonds. The number of amides is 1. The number of benzene rings is 1. The number of carbonyl (C=O) groups is 1. The van der Waals surface area contributed by atoms with E-state index in [-0.39, 0.29) is 11.7 Å². The van der Waals surface area contributed by atoms with Gasteiger partial charge in [0, 0.05) is 18.1 Å². The van der Waals surface area contributed by atoms with Crippen molar-refractivity contribution in [3.05, 3.63) is 52.9 Å². The van der Waals surface area contributed by atoms with Crippen molar-refractivity contribution in [1.82, 2.24) is 4.90 Å². The van der Waals surface area contributed by atoms with E-state index in [2.05, 4.69) is 0 Å². The first-order valence-corrected chi connectivity index (χ1v) is 10.4. The van der Waals surface area contributed by atoms with Crippen LogP contribution in [0.4, 0.5) is 0 Å². The second kappa shape index (κ2) is 7.72. The van der Waals surface area contributed by atoms with Gasteiger partial charge in [-0.1, -0.05) is 11.6 Å². The van der Waals surface area contributed by atoms with Gasteiger partial charge in [-0.05, 0) is 43.2 Å². The fourth-order valence-electron chi connectivity index (χ4n) is 3.15. The maximum absolute atomic E-state index is 12.8. The first kappa shape index (κ1) is 18.8. The first-order chi connectivity index (χ1) is 12.4. The third-order valence-electron chi connectivity index (χ3n) is 4.55. The summed E-state index contributed by atoms with van der Waals surface area (Å²) in [6.07, 6.45) is 2.26. The molecule has 3 rings (SSSR count). The van der Waals surface area contributed by atoms with Crippen molar-refractivity contribution in [3.8, 4) is 5.75 Å². The number of furan rings is 1. The van der Waals surface area contributed by atoms with Gasteiger partial charge in [-0.15, -0.1) is 0 Å². The number of hydrogen-bond acceptors (Lipinski definition) is 5. The molecule has 1 aliphatic heterocycles. The van der Waals surface area contributed by atoms with Gasteiger partial charge in [0.2, 0.25) is 0 Å². The van der Waals surface area contributed by atoms with E-state index in [0.29, 0.717) is 48.0 Å². The number of halogens is 1. The van der Waals surface area contributed by atoms with Crippen LogP contribution >= 0.6 is 11.6 Å². The summed E-state index contributed by atoms with van der Waals surface area (Å²) in [5.74, 6) is 0.575. The SMILES string of the molecule is COc1ccc(Cl)cc1C(=O)N1CCC(S(=O)(=O)Cc2ccco2)CC1. The molecule has 8 heteroatoms. The standard InChI is InChI=1S/C18H20ClNO5S/c1-24-17-5-4-13(19)11-16(17)18(21)20-8-6-15(7-9-20)26(22,23)12-14-3-2-10-25-14/h2-5,10-11,15H,6-9,12H2,1H3. The highest BCUT2D eigenvalue weighted by atomic mass is 35.5. The number of rotatable bonds is 5. The lowest BCUT2D eigenvalue weighted by Crippen LogP contribution is -2.42. The second-order valence-corrected chi connectivity index (χ2v) is 8.94. The Labute approximate surface area is 157 Å². The van der Waals surface area contributed by atoms with Crippen molar-refractivity contribution in [1.29, 1.82) is 0 Å². The molecule has 1 aromatic heterocycles. The van der Waals surface area contributed by atoms with Crippen LogP contribution in [0, 0.1) is 0 Å². The van der Waals surface area contributed by atoms with Gasteiger partial charge in [0.25, 0.3) is 5.91 Å². The van der Waals surface area contributed by atoms with Crippen LogP contribution in [0.3, 0.4) is 0 Å². The van der Waals surface area contributed by atoms with E-state index in [1.165, 1.54) is 13.4 Å². The molecule has 2 aromatic rings. The molecule has 0 atom stereocenters. The summed E-state index contributed by atoms with van der Waals surface area (Å²) in [7, 11) is -1.82. The number of ether oxygens (including phenoxy) is 1. The fourth-order valence-corrected chi connectivity index (χ4v) is 5.04. The van der Waals surface area contributed by atoms with Crippen molar-refractivity contribution in [2.75, 3.05) is 20.2 Å². The minimum Gasteiger partial charge on any atom is -0.496 e. The lowest BCUT2D eigenvalue weighted by atomic mass is 10.1. The minimum absolute atomic E-state index is 0.110. The third kappa shape index (κ3) is 4.04. The molecule has 1 aromatic carbocycles. The van der Waals surface area contributed by atoms with Crippen LogP contribution < -0.4 is 4.74 Å². The van der Waals surface area contributed by atoms with E-state index < -0.39 is 15.1 Å². The Morgan fingerprint density at radius 1 is 1.31 bits per heavy atom. The zero-order valence-corrected chi connectivity index (χ0v) is 15.9. The molecular weight excluding hydrogens is 378 g/mol. The fraction of sp³-hybridized carbons (Fsp3) is 0.389. The smallest absolute Gasteiger partial charge is 0.257 e. The molecular formula is C18H20ClNO5S. The molecule has 1 saturated heterocycles. The molecule has 0 unspecified atom stereocenters. The largest absolute Gasteiger partial charge is 0.496 e. The molecule has 0 N–H and O–H groups in total. The third-order valence-corrected chi connectivity index (χ3v) is 6.96. The zero-order chi connectivity index (χ0) is 18.7. The van der Waals surface area contributed by atoms with E-state index in [1.807, 2.05) is 0 Å². The Morgan fingerprint density at radius 3 is 2.65 bits per heavy atom.